The number of hydrogen-bond donors (Lipinski definition) is 2. The van der Waals surface area contributed by atoms with Gasteiger partial charge in [-0.15, -0.1) is 22.0 Å². The Balaban J connectivity index is 1.99. The first-order chi connectivity index (χ1) is 7.97. The Labute approximate surface area is 102 Å². The number of anilines is 1. The highest BCUT2D eigenvalue weighted by Gasteiger charge is 2.36. The zero-order chi connectivity index (χ0) is 12.5. The van der Waals surface area contributed by atoms with Crippen molar-refractivity contribution in [1.29, 1.82) is 0 Å². The fourth-order valence-electron chi connectivity index (χ4n) is 1.14. The number of nitrogens with one attached hydrogen (secondary N) is 2. The lowest BCUT2D eigenvalue weighted by molar-refractivity contribution is -0.138. The lowest BCUT2D eigenvalue weighted by Gasteiger charge is -2.07. The second-order valence-corrected chi connectivity index (χ2v) is 5.18. The Hall–Kier alpha value is -0.870. The number of nitrogens with zero attached hydrogens (tertiary/aromatic N) is 2. The Kier molecular flexibility index (Phi) is 3.54. The van der Waals surface area contributed by atoms with Gasteiger partial charge in [0, 0.05) is 11.6 Å². The molecule has 1 unspecified atom stereocenters. The van der Waals surface area contributed by atoms with E-state index in [2.05, 4.69) is 20.8 Å². The Morgan fingerprint density at radius 1 is 1.47 bits per heavy atom. The van der Waals surface area contributed by atoms with Crippen molar-refractivity contribution in [2.75, 3.05) is 16.9 Å². The van der Waals surface area contributed by atoms with Crippen LogP contribution in [0.1, 0.15) is 5.01 Å². The van der Waals surface area contributed by atoms with Crippen LogP contribution in [0.5, 0.6) is 0 Å². The minimum Gasteiger partial charge on any atom is -0.299 e. The maximum Gasteiger partial charge on any atom is 0.445 e. The number of thioether (sulfide) groups is 1. The van der Waals surface area contributed by atoms with Gasteiger partial charge in [-0.3, -0.25) is 15.4 Å². The third-order valence-electron chi connectivity index (χ3n) is 1.93. The van der Waals surface area contributed by atoms with E-state index in [1.807, 2.05) is 0 Å². The van der Waals surface area contributed by atoms with Crippen molar-refractivity contribution < 1.29 is 18.0 Å². The number of carbonyl (C=O) groups excluding carboxylic acids is 1. The van der Waals surface area contributed by atoms with Gasteiger partial charge in [-0.05, 0) is 0 Å². The first-order valence-electron chi connectivity index (χ1n) is 4.49. The number of rotatable bonds is 2. The van der Waals surface area contributed by atoms with Gasteiger partial charge in [0.05, 0.1) is 6.04 Å². The predicted octanol–water partition coefficient (Wildman–Crippen LogP) is 1.16. The number of amides is 1. The number of carbonyl (C=O) groups is 1. The molecule has 2 heterocycles. The maximum absolute atomic E-state index is 12.2. The van der Waals surface area contributed by atoms with Crippen molar-refractivity contribution in [1.82, 2.24) is 15.5 Å². The average molecular weight is 284 g/mol. The molecule has 0 bridgehead atoms. The molecule has 0 aromatic carbocycles. The van der Waals surface area contributed by atoms with Gasteiger partial charge in [0.1, 0.15) is 0 Å². The van der Waals surface area contributed by atoms with E-state index in [1.165, 1.54) is 0 Å². The van der Waals surface area contributed by atoms with Crippen LogP contribution in [-0.2, 0) is 11.0 Å². The summed E-state index contributed by atoms with van der Waals surface area (Å²) in [4.78, 5) is 11.5. The molecule has 10 heteroatoms. The second-order valence-electron chi connectivity index (χ2n) is 3.17. The Morgan fingerprint density at radius 2 is 2.24 bits per heavy atom. The fourth-order valence-corrected chi connectivity index (χ4v) is 2.70. The number of hydrogen-bond acceptors (Lipinski definition) is 6. The van der Waals surface area contributed by atoms with Gasteiger partial charge < -0.3 is 0 Å². The summed E-state index contributed by atoms with van der Waals surface area (Å²) in [5.41, 5.74) is 0. The molecule has 1 atom stereocenters. The minimum atomic E-state index is -4.53. The molecule has 5 nitrogen and oxygen atoms in total. The quantitative estimate of drug-likeness (QED) is 0.853. The molecule has 0 saturated carbocycles. The summed E-state index contributed by atoms with van der Waals surface area (Å²) in [5, 5.41) is 10.2. The van der Waals surface area contributed by atoms with Crippen LogP contribution < -0.4 is 10.6 Å². The smallest absolute Gasteiger partial charge is 0.299 e. The molecule has 1 fully saturated rings. The molecule has 1 amide bonds. The molecule has 94 valence electrons. The van der Waals surface area contributed by atoms with Crippen LogP contribution in [0.2, 0.25) is 0 Å². The molecule has 1 aromatic heterocycles. The van der Waals surface area contributed by atoms with E-state index in [0.29, 0.717) is 23.0 Å². The van der Waals surface area contributed by atoms with Crippen molar-refractivity contribution in [3.63, 3.8) is 0 Å². The van der Waals surface area contributed by atoms with Gasteiger partial charge in [-0.1, -0.05) is 11.3 Å². The standard InChI is InChI=1S/C7H7F3N4OS2/c8-7(9,10)5-13-14-6(17-5)12-4(15)3-1-16-2-11-3/h3,11H,1-2H2,(H,12,14,15). The minimum absolute atomic E-state index is 0.138. The maximum atomic E-state index is 12.2. The molecule has 2 rings (SSSR count). The summed E-state index contributed by atoms with van der Waals surface area (Å²) in [6.45, 7) is 0. The van der Waals surface area contributed by atoms with Crippen molar-refractivity contribution >= 4 is 34.1 Å². The van der Waals surface area contributed by atoms with Crippen LogP contribution in [0.15, 0.2) is 0 Å². The van der Waals surface area contributed by atoms with E-state index < -0.39 is 17.2 Å². The molecule has 0 spiro atoms. The van der Waals surface area contributed by atoms with Crippen LogP contribution in [-0.4, -0.2) is 33.8 Å². The van der Waals surface area contributed by atoms with E-state index in [9.17, 15) is 18.0 Å². The largest absolute Gasteiger partial charge is 0.445 e. The van der Waals surface area contributed by atoms with E-state index in [1.54, 1.807) is 11.8 Å². The van der Waals surface area contributed by atoms with Gasteiger partial charge >= 0.3 is 6.18 Å². The normalized spacial score (nSPS) is 20.5. The van der Waals surface area contributed by atoms with Gasteiger partial charge in [-0.2, -0.15) is 13.2 Å². The Morgan fingerprint density at radius 3 is 2.76 bits per heavy atom. The first kappa shape index (κ1) is 12.6. The molecule has 1 aliphatic heterocycles. The molecule has 1 saturated heterocycles. The highest BCUT2D eigenvalue weighted by molar-refractivity contribution is 7.99. The monoisotopic (exact) mass is 284 g/mol. The summed E-state index contributed by atoms with van der Waals surface area (Å²) in [6, 6.07) is -0.391. The third-order valence-corrected chi connectivity index (χ3v) is 3.75. The van der Waals surface area contributed by atoms with Crippen LogP contribution in [0, 0.1) is 0 Å². The summed E-state index contributed by atoms with van der Waals surface area (Å²) in [5.74, 6) is 0.860. The molecule has 17 heavy (non-hydrogen) atoms. The summed E-state index contributed by atoms with van der Waals surface area (Å²) in [6.07, 6.45) is -4.53. The topological polar surface area (TPSA) is 66.9 Å². The number of halogens is 3. The van der Waals surface area contributed by atoms with Gasteiger partial charge in [0.25, 0.3) is 0 Å². The van der Waals surface area contributed by atoms with Crippen LogP contribution in [0.25, 0.3) is 0 Å². The van der Waals surface area contributed by atoms with Crippen LogP contribution >= 0.6 is 23.1 Å². The molecule has 0 radical (unpaired) electrons. The summed E-state index contributed by atoms with van der Waals surface area (Å²) in [7, 11) is 0. The predicted molar refractivity (Wildman–Crippen MR) is 57.8 cm³/mol. The van der Waals surface area contributed by atoms with Crippen molar-refractivity contribution in [3.05, 3.63) is 5.01 Å². The van der Waals surface area contributed by atoms with E-state index in [4.69, 9.17) is 0 Å². The zero-order valence-corrected chi connectivity index (χ0v) is 9.88. The van der Waals surface area contributed by atoms with Crippen LogP contribution in [0.3, 0.4) is 0 Å². The van der Waals surface area contributed by atoms with E-state index in [-0.39, 0.29) is 11.0 Å². The third kappa shape index (κ3) is 3.07. The molecule has 2 N–H and O–H groups in total. The molecule has 1 aromatic rings. The first-order valence-corrected chi connectivity index (χ1v) is 6.46. The number of alkyl halides is 3. The fraction of sp³-hybridized carbons (Fsp3) is 0.571. The average Bonchev–Trinajstić information content (AvgIpc) is 2.85. The highest BCUT2D eigenvalue weighted by atomic mass is 32.2. The summed E-state index contributed by atoms with van der Waals surface area (Å²) >= 11 is 1.86. The molecule has 0 aliphatic carbocycles. The van der Waals surface area contributed by atoms with Gasteiger partial charge in [0.2, 0.25) is 16.0 Å². The molecular weight excluding hydrogens is 277 g/mol. The highest BCUT2D eigenvalue weighted by Crippen LogP contribution is 2.33. The second kappa shape index (κ2) is 4.78. The lowest BCUT2D eigenvalue weighted by Crippen LogP contribution is -2.37. The zero-order valence-electron chi connectivity index (χ0n) is 8.24. The van der Waals surface area contributed by atoms with Crippen molar-refractivity contribution in [3.8, 4) is 0 Å². The van der Waals surface area contributed by atoms with E-state index >= 15 is 0 Å². The molecular formula is C7H7F3N4OS2. The number of aromatic nitrogens is 2. The van der Waals surface area contributed by atoms with Crippen molar-refractivity contribution in [2.24, 2.45) is 0 Å². The van der Waals surface area contributed by atoms with Crippen LogP contribution in [0.4, 0.5) is 18.3 Å². The van der Waals surface area contributed by atoms with Gasteiger partial charge in [0.15, 0.2) is 0 Å². The van der Waals surface area contributed by atoms with Crippen molar-refractivity contribution in [2.45, 2.75) is 12.2 Å². The SMILES string of the molecule is O=C(Nc1nnc(C(F)(F)F)s1)C1CSCN1. The Bertz CT molecular complexity index is 415. The van der Waals surface area contributed by atoms with Gasteiger partial charge in [-0.25, -0.2) is 0 Å². The summed E-state index contributed by atoms with van der Waals surface area (Å²) < 4.78 is 36.7. The van der Waals surface area contributed by atoms with E-state index in [0.717, 1.165) is 0 Å². The molecule has 1 aliphatic rings. The lowest BCUT2D eigenvalue weighted by atomic mass is 10.3.